The maximum atomic E-state index is 11.7. The van der Waals surface area contributed by atoms with E-state index in [0.29, 0.717) is 5.02 Å². The van der Waals surface area contributed by atoms with Crippen molar-refractivity contribution < 1.29 is 19.4 Å². The van der Waals surface area contributed by atoms with Gasteiger partial charge in [0.15, 0.2) is 0 Å². The summed E-state index contributed by atoms with van der Waals surface area (Å²) in [6.45, 7) is 5.13. The van der Waals surface area contributed by atoms with Crippen molar-refractivity contribution in [2.45, 2.75) is 38.8 Å². The molecule has 1 aromatic carbocycles. The molecule has 1 rings (SSSR count). The Morgan fingerprint density at radius 1 is 1.43 bits per heavy atom. The molecule has 1 aromatic rings. The fourth-order valence-electron chi connectivity index (χ4n) is 1.55. The van der Waals surface area contributed by atoms with E-state index in [4.69, 9.17) is 16.3 Å². The van der Waals surface area contributed by atoms with Crippen LogP contribution in [0.2, 0.25) is 5.02 Å². The van der Waals surface area contributed by atoms with E-state index in [2.05, 4.69) is 27.9 Å². The van der Waals surface area contributed by atoms with Crippen molar-refractivity contribution in [3.8, 4) is 0 Å². The van der Waals surface area contributed by atoms with Gasteiger partial charge in [-0.2, -0.15) is 0 Å². The first-order valence-corrected chi connectivity index (χ1v) is 7.70. The van der Waals surface area contributed by atoms with Gasteiger partial charge in [0.2, 0.25) is 0 Å². The number of carboxylic acid groups (broad SMARTS) is 1. The van der Waals surface area contributed by atoms with Gasteiger partial charge >= 0.3 is 12.1 Å². The van der Waals surface area contributed by atoms with Crippen LogP contribution in [0.3, 0.4) is 0 Å². The quantitative estimate of drug-likeness (QED) is 0.725. The number of rotatable bonds is 4. The smallest absolute Gasteiger partial charge is 0.408 e. The highest BCUT2D eigenvalue weighted by Gasteiger charge is 2.24. The Kier molecular flexibility index (Phi) is 6.27. The van der Waals surface area contributed by atoms with Gasteiger partial charge in [0.25, 0.3) is 0 Å². The minimum Gasteiger partial charge on any atom is -0.480 e. The molecule has 116 valence electrons. The Balaban J connectivity index is 2.76. The first-order valence-electron chi connectivity index (χ1n) is 6.25. The van der Waals surface area contributed by atoms with E-state index in [9.17, 15) is 14.7 Å². The average molecular weight is 426 g/mol. The summed E-state index contributed by atoms with van der Waals surface area (Å²) in [5, 5.41) is 12.1. The zero-order chi connectivity index (χ0) is 16.2. The standard InChI is InChI=1S/C14H17ClINO4/c1-14(2,3)21-13(20)17-11(12(18)19)7-8-4-5-10(16)9(15)6-8/h4-6,11H,7H2,1-3H3,(H,17,20)(H,18,19)/t11-/m0/s1. The third-order valence-corrected chi connectivity index (χ3v) is 3.99. The molecule has 7 heteroatoms. The normalized spacial score (nSPS) is 12.6. The van der Waals surface area contributed by atoms with E-state index in [-0.39, 0.29) is 6.42 Å². The molecule has 0 unspecified atom stereocenters. The summed E-state index contributed by atoms with van der Waals surface area (Å²) < 4.78 is 5.94. The van der Waals surface area contributed by atoms with E-state index in [0.717, 1.165) is 9.13 Å². The van der Waals surface area contributed by atoms with Gasteiger partial charge in [-0.05, 0) is 61.1 Å². The number of alkyl carbamates (subject to hydrolysis) is 1. The number of ether oxygens (including phenoxy) is 1. The van der Waals surface area contributed by atoms with E-state index < -0.39 is 23.7 Å². The molecule has 0 fully saturated rings. The Morgan fingerprint density at radius 2 is 2.05 bits per heavy atom. The number of carboxylic acids is 1. The lowest BCUT2D eigenvalue weighted by molar-refractivity contribution is -0.139. The summed E-state index contributed by atoms with van der Waals surface area (Å²) in [6.07, 6.45) is -0.628. The minimum absolute atomic E-state index is 0.130. The highest BCUT2D eigenvalue weighted by molar-refractivity contribution is 14.1. The number of amides is 1. The van der Waals surface area contributed by atoms with Crippen LogP contribution in [0.25, 0.3) is 0 Å². The molecule has 0 saturated carbocycles. The van der Waals surface area contributed by atoms with E-state index in [1.807, 2.05) is 0 Å². The van der Waals surface area contributed by atoms with Crippen molar-refractivity contribution >= 4 is 46.3 Å². The summed E-state index contributed by atoms with van der Waals surface area (Å²) in [7, 11) is 0. The van der Waals surface area contributed by atoms with Crippen molar-refractivity contribution in [1.29, 1.82) is 0 Å². The van der Waals surface area contributed by atoms with Gasteiger partial charge in [-0.3, -0.25) is 0 Å². The predicted octanol–water partition coefficient (Wildman–Crippen LogP) is 3.47. The summed E-state index contributed by atoms with van der Waals surface area (Å²) >= 11 is 8.09. The van der Waals surface area contributed by atoms with Crippen molar-refractivity contribution in [2.24, 2.45) is 0 Å². The molecule has 0 aliphatic heterocycles. The van der Waals surface area contributed by atoms with Crippen LogP contribution >= 0.6 is 34.2 Å². The largest absolute Gasteiger partial charge is 0.480 e. The minimum atomic E-state index is -1.13. The van der Waals surface area contributed by atoms with Gasteiger partial charge in [-0.15, -0.1) is 0 Å². The Bertz CT molecular complexity index is 542. The molecule has 0 bridgehead atoms. The molecular formula is C14H17ClINO4. The predicted molar refractivity (Wildman–Crippen MR) is 88.7 cm³/mol. The van der Waals surface area contributed by atoms with Crippen LogP contribution < -0.4 is 5.32 Å². The highest BCUT2D eigenvalue weighted by atomic mass is 127. The van der Waals surface area contributed by atoms with Gasteiger partial charge in [0, 0.05) is 9.99 Å². The summed E-state index contributed by atoms with van der Waals surface area (Å²) in [6, 6.07) is 4.19. The maximum absolute atomic E-state index is 11.7. The summed E-state index contributed by atoms with van der Waals surface area (Å²) in [4.78, 5) is 22.9. The molecule has 0 saturated heterocycles. The second-order valence-electron chi connectivity index (χ2n) is 5.49. The lowest BCUT2D eigenvalue weighted by atomic mass is 10.1. The zero-order valence-corrected chi connectivity index (χ0v) is 14.9. The molecule has 0 radical (unpaired) electrons. The number of aliphatic carboxylic acids is 1. The van der Waals surface area contributed by atoms with E-state index in [1.165, 1.54) is 0 Å². The number of hydrogen-bond donors (Lipinski definition) is 2. The molecule has 0 aliphatic carbocycles. The van der Waals surface area contributed by atoms with Gasteiger partial charge in [0.05, 0.1) is 5.02 Å². The van der Waals surface area contributed by atoms with Crippen LogP contribution in [0.4, 0.5) is 4.79 Å². The number of carbonyl (C=O) groups is 2. The molecular weight excluding hydrogens is 409 g/mol. The van der Waals surface area contributed by atoms with Crippen LogP contribution in [0, 0.1) is 3.57 Å². The third kappa shape index (κ3) is 6.52. The molecule has 21 heavy (non-hydrogen) atoms. The number of nitrogens with one attached hydrogen (secondary N) is 1. The van der Waals surface area contributed by atoms with E-state index >= 15 is 0 Å². The monoisotopic (exact) mass is 425 g/mol. The molecule has 0 heterocycles. The second kappa shape index (κ2) is 7.31. The van der Waals surface area contributed by atoms with Crippen molar-refractivity contribution in [3.63, 3.8) is 0 Å². The molecule has 2 N–H and O–H groups in total. The summed E-state index contributed by atoms with van der Waals surface area (Å²) in [5.74, 6) is -1.13. The first-order chi connectivity index (χ1) is 9.58. The molecule has 1 atom stereocenters. The van der Waals surface area contributed by atoms with Crippen LogP contribution in [-0.4, -0.2) is 28.8 Å². The molecule has 0 aliphatic rings. The fourth-order valence-corrected chi connectivity index (χ4v) is 2.09. The number of carbonyl (C=O) groups excluding carboxylic acids is 1. The Hall–Kier alpha value is -1.02. The second-order valence-corrected chi connectivity index (χ2v) is 7.06. The number of halogens is 2. The SMILES string of the molecule is CC(C)(C)OC(=O)N[C@@H](Cc1ccc(I)c(Cl)c1)C(=O)O. The lowest BCUT2D eigenvalue weighted by Gasteiger charge is -2.22. The molecule has 0 spiro atoms. The Morgan fingerprint density at radius 3 is 2.52 bits per heavy atom. The number of hydrogen-bond acceptors (Lipinski definition) is 3. The van der Waals surface area contributed by atoms with Gasteiger partial charge in [0.1, 0.15) is 11.6 Å². The lowest BCUT2D eigenvalue weighted by Crippen LogP contribution is -2.44. The third-order valence-electron chi connectivity index (χ3n) is 2.41. The van der Waals surface area contributed by atoms with Crippen LogP contribution in [-0.2, 0) is 16.0 Å². The fraction of sp³-hybridized carbons (Fsp3) is 0.429. The van der Waals surface area contributed by atoms with Crippen molar-refractivity contribution in [1.82, 2.24) is 5.32 Å². The van der Waals surface area contributed by atoms with Crippen LogP contribution in [0.5, 0.6) is 0 Å². The number of benzene rings is 1. The Labute approximate surface area is 142 Å². The maximum Gasteiger partial charge on any atom is 0.408 e. The van der Waals surface area contributed by atoms with Crippen LogP contribution in [0.15, 0.2) is 18.2 Å². The van der Waals surface area contributed by atoms with Gasteiger partial charge < -0.3 is 15.2 Å². The van der Waals surface area contributed by atoms with Gasteiger partial charge in [-0.25, -0.2) is 9.59 Å². The zero-order valence-electron chi connectivity index (χ0n) is 11.9. The molecule has 5 nitrogen and oxygen atoms in total. The van der Waals surface area contributed by atoms with E-state index in [1.54, 1.807) is 39.0 Å². The van der Waals surface area contributed by atoms with Crippen molar-refractivity contribution in [2.75, 3.05) is 0 Å². The molecule has 1 amide bonds. The summed E-state index contributed by atoms with van der Waals surface area (Å²) in [5.41, 5.74) is 0.0446. The first kappa shape index (κ1) is 18.0. The topological polar surface area (TPSA) is 75.6 Å². The molecule has 0 aromatic heterocycles. The average Bonchev–Trinajstić information content (AvgIpc) is 2.30. The highest BCUT2D eigenvalue weighted by Crippen LogP contribution is 2.20. The van der Waals surface area contributed by atoms with Crippen LogP contribution in [0.1, 0.15) is 26.3 Å². The van der Waals surface area contributed by atoms with Gasteiger partial charge in [-0.1, -0.05) is 17.7 Å². The van der Waals surface area contributed by atoms with Crippen molar-refractivity contribution in [3.05, 3.63) is 32.4 Å².